The fraction of sp³-hybridized carbons (Fsp3) is 0.429. The van der Waals surface area contributed by atoms with Gasteiger partial charge in [-0.2, -0.15) is 0 Å². The molecule has 19 heavy (non-hydrogen) atoms. The minimum Gasteiger partial charge on any atom is -0.479 e. The second kappa shape index (κ2) is 6.89. The molecule has 0 saturated heterocycles. The fourth-order valence-corrected chi connectivity index (χ4v) is 1.71. The van der Waals surface area contributed by atoms with E-state index in [1.165, 1.54) is 6.92 Å². The molecule has 5 nitrogen and oxygen atoms in total. The van der Waals surface area contributed by atoms with Crippen LogP contribution in [0.15, 0.2) is 24.3 Å². The molecular formula is C14H19NO4. The quantitative estimate of drug-likeness (QED) is 0.820. The summed E-state index contributed by atoms with van der Waals surface area (Å²) in [5.41, 5.74) is 2.12. The van der Waals surface area contributed by atoms with E-state index < -0.39 is 12.1 Å². The van der Waals surface area contributed by atoms with Crippen molar-refractivity contribution in [3.63, 3.8) is 0 Å². The van der Waals surface area contributed by atoms with E-state index in [2.05, 4.69) is 5.32 Å². The molecule has 0 spiro atoms. The van der Waals surface area contributed by atoms with Gasteiger partial charge in [0.25, 0.3) is 0 Å². The third-order valence-corrected chi connectivity index (χ3v) is 2.84. The van der Waals surface area contributed by atoms with E-state index in [4.69, 9.17) is 9.84 Å². The first kappa shape index (κ1) is 15.2. The molecule has 0 aliphatic carbocycles. The minimum atomic E-state index is -1.08. The summed E-state index contributed by atoms with van der Waals surface area (Å²) < 4.78 is 4.92. The van der Waals surface area contributed by atoms with Gasteiger partial charge in [0, 0.05) is 0 Å². The van der Waals surface area contributed by atoms with Gasteiger partial charge in [0.15, 0.2) is 6.10 Å². The summed E-state index contributed by atoms with van der Waals surface area (Å²) in [4.78, 5) is 22.2. The van der Waals surface area contributed by atoms with Crippen LogP contribution in [-0.4, -0.2) is 29.7 Å². The summed E-state index contributed by atoms with van der Waals surface area (Å²) in [5, 5.41) is 11.4. The molecule has 2 atom stereocenters. The number of aliphatic carboxylic acids is 1. The summed E-state index contributed by atoms with van der Waals surface area (Å²) in [7, 11) is 0. The van der Waals surface area contributed by atoms with E-state index in [9.17, 15) is 9.59 Å². The molecule has 0 heterocycles. The van der Waals surface area contributed by atoms with E-state index in [0.717, 1.165) is 11.1 Å². The molecular weight excluding hydrogens is 246 g/mol. The van der Waals surface area contributed by atoms with Crippen molar-refractivity contribution in [2.24, 2.45) is 0 Å². The molecule has 1 unspecified atom stereocenters. The number of benzene rings is 1. The van der Waals surface area contributed by atoms with Crippen molar-refractivity contribution in [1.82, 2.24) is 5.32 Å². The second-order valence-corrected chi connectivity index (χ2v) is 4.44. The SMILES string of the molecule is Cc1ccccc1C(C)NC(=O)CO[C@H](C)C(=O)O. The first-order valence-corrected chi connectivity index (χ1v) is 6.11. The maximum absolute atomic E-state index is 11.6. The van der Waals surface area contributed by atoms with Gasteiger partial charge in [-0.1, -0.05) is 24.3 Å². The summed E-state index contributed by atoms with van der Waals surface area (Å²) >= 11 is 0. The van der Waals surface area contributed by atoms with Gasteiger partial charge in [-0.05, 0) is 31.9 Å². The molecule has 1 aromatic carbocycles. The zero-order chi connectivity index (χ0) is 14.4. The van der Waals surface area contributed by atoms with E-state index in [1.807, 2.05) is 38.1 Å². The Morgan fingerprint density at radius 2 is 1.95 bits per heavy atom. The molecule has 5 heteroatoms. The number of hydrogen-bond acceptors (Lipinski definition) is 3. The zero-order valence-electron chi connectivity index (χ0n) is 11.3. The van der Waals surface area contributed by atoms with Crippen LogP contribution >= 0.6 is 0 Å². The lowest BCUT2D eigenvalue weighted by atomic mass is 10.0. The highest BCUT2D eigenvalue weighted by Gasteiger charge is 2.15. The van der Waals surface area contributed by atoms with E-state index in [1.54, 1.807) is 0 Å². The number of amides is 1. The number of carbonyl (C=O) groups excluding carboxylic acids is 1. The molecule has 1 aromatic rings. The average Bonchev–Trinajstić information content (AvgIpc) is 2.36. The molecule has 0 fully saturated rings. The van der Waals surface area contributed by atoms with Crippen LogP contribution in [-0.2, 0) is 14.3 Å². The Morgan fingerprint density at radius 3 is 2.53 bits per heavy atom. The Hall–Kier alpha value is -1.88. The van der Waals surface area contributed by atoms with Gasteiger partial charge < -0.3 is 15.2 Å². The van der Waals surface area contributed by atoms with Crippen LogP contribution < -0.4 is 5.32 Å². The number of rotatable bonds is 6. The van der Waals surface area contributed by atoms with Crippen molar-refractivity contribution in [2.45, 2.75) is 32.9 Å². The lowest BCUT2D eigenvalue weighted by Crippen LogP contribution is -2.33. The Bertz CT molecular complexity index is 459. The van der Waals surface area contributed by atoms with E-state index in [-0.39, 0.29) is 18.6 Å². The summed E-state index contributed by atoms with van der Waals surface area (Å²) in [5.74, 6) is -1.41. The lowest BCUT2D eigenvalue weighted by molar-refractivity contribution is -0.150. The largest absolute Gasteiger partial charge is 0.479 e. The van der Waals surface area contributed by atoms with Crippen LogP contribution in [0.2, 0.25) is 0 Å². The molecule has 0 aliphatic heterocycles. The monoisotopic (exact) mass is 265 g/mol. The van der Waals surface area contributed by atoms with E-state index in [0.29, 0.717) is 0 Å². The van der Waals surface area contributed by atoms with Crippen molar-refractivity contribution < 1.29 is 19.4 Å². The number of aryl methyl sites for hydroxylation is 1. The van der Waals surface area contributed by atoms with Gasteiger partial charge >= 0.3 is 5.97 Å². The number of hydrogen-bond donors (Lipinski definition) is 2. The first-order chi connectivity index (χ1) is 8.91. The van der Waals surface area contributed by atoms with Crippen LogP contribution in [0.5, 0.6) is 0 Å². The Labute approximate surface area is 112 Å². The molecule has 0 saturated carbocycles. The van der Waals surface area contributed by atoms with Crippen LogP contribution in [0.4, 0.5) is 0 Å². The van der Waals surface area contributed by atoms with Gasteiger partial charge in [-0.3, -0.25) is 4.79 Å². The van der Waals surface area contributed by atoms with Crippen molar-refractivity contribution in [1.29, 1.82) is 0 Å². The van der Waals surface area contributed by atoms with Crippen molar-refractivity contribution >= 4 is 11.9 Å². The highest BCUT2D eigenvalue weighted by atomic mass is 16.5. The molecule has 104 valence electrons. The molecule has 0 bridgehead atoms. The van der Waals surface area contributed by atoms with Crippen LogP contribution in [0.25, 0.3) is 0 Å². The average molecular weight is 265 g/mol. The maximum atomic E-state index is 11.6. The highest BCUT2D eigenvalue weighted by molar-refractivity contribution is 5.78. The first-order valence-electron chi connectivity index (χ1n) is 6.11. The van der Waals surface area contributed by atoms with Gasteiger partial charge in [-0.25, -0.2) is 4.79 Å². The van der Waals surface area contributed by atoms with Gasteiger partial charge in [0.05, 0.1) is 6.04 Å². The normalized spacial score (nSPS) is 13.6. The Balaban J connectivity index is 2.49. The molecule has 2 N–H and O–H groups in total. The van der Waals surface area contributed by atoms with Crippen molar-refractivity contribution in [3.05, 3.63) is 35.4 Å². The number of nitrogens with one attached hydrogen (secondary N) is 1. The predicted octanol–water partition coefficient (Wildman–Crippen LogP) is 1.66. The van der Waals surface area contributed by atoms with Crippen molar-refractivity contribution in [2.75, 3.05) is 6.61 Å². The van der Waals surface area contributed by atoms with Crippen molar-refractivity contribution in [3.8, 4) is 0 Å². The summed E-state index contributed by atoms with van der Waals surface area (Å²) in [6.45, 7) is 4.98. The third-order valence-electron chi connectivity index (χ3n) is 2.84. The zero-order valence-corrected chi connectivity index (χ0v) is 11.3. The standard InChI is InChI=1S/C14H19NO4/c1-9-6-4-5-7-12(9)10(2)15-13(16)8-19-11(3)14(17)18/h4-7,10-11H,8H2,1-3H3,(H,15,16)(H,17,18)/t10?,11-/m1/s1. The number of ether oxygens (including phenoxy) is 1. The minimum absolute atomic E-state index is 0.141. The van der Waals surface area contributed by atoms with Crippen LogP contribution in [0.3, 0.4) is 0 Å². The van der Waals surface area contributed by atoms with E-state index >= 15 is 0 Å². The smallest absolute Gasteiger partial charge is 0.332 e. The summed E-state index contributed by atoms with van der Waals surface area (Å²) in [6, 6.07) is 7.62. The van der Waals surface area contributed by atoms with Gasteiger partial charge in [0.2, 0.25) is 5.91 Å². The molecule has 0 aromatic heterocycles. The summed E-state index contributed by atoms with van der Waals surface area (Å²) in [6.07, 6.45) is -0.987. The Kier molecular flexibility index (Phi) is 5.51. The maximum Gasteiger partial charge on any atom is 0.332 e. The van der Waals surface area contributed by atoms with Crippen LogP contribution in [0.1, 0.15) is 31.0 Å². The lowest BCUT2D eigenvalue weighted by Gasteiger charge is -2.17. The molecule has 1 rings (SSSR count). The fourth-order valence-electron chi connectivity index (χ4n) is 1.71. The number of carboxylic acids is 1. The molecule has 0 aliphatic rings. The molecule has 0 radical (unpaired) electrons. The van der Waals surface area contributed by atoms with Gasteiger partial charge in [-0.15, -0.1) is 0 Å². The molecule has 1 amide bonds. The van der Waals surface area contributed by atoms with Crippen LogP contribution in [0, 0.1) is 6.92 Å². The number of carboxylic acid groups (broad SMARTS) is 1. The highest BCUT2D eigenvalue weighted by Crippen LogP contribution is 2.16. The predicted molar refractivity (Wildman–Crippen MR) is 70.8 cm³/mol. The topological polar surface area (TPSA) is 75.6 Å². The second-order valence-electron chi connectivity index (χ2n) is 4.44. The number of carbonyl (C=O) groups is 2. The Morgan fingerprint density at radius 1 is 1.32 bits per heavy atom. The third kappa shape index (κ3) is 4.71. The van der Waals surface area contributed by atoms with Gasteiger partial charge in [0.1, 0.15) is 6.61 Å².